The van der Waals surface area contributed by atoms with Gasteiger partial charge < -0.3 is 4.90 Å². The summed E-state index contributed by atoms with van der Waals surface area (Å²) in [5.41, 5.74) is -1.15. The second kappa shape index (κ2) is 4.72. The molecule has 1 aromatic carbocycles. The fraction of sp³-hybridized carbons (Fsp3) is 0.429. The van der Waals surface area contributed by atoms with Crippen LogP contribution in [0.1, 0.15) is 37.0 Å². The summed E-state index contributed by atoms with van der Waals surface area (Å²) in [5.74, 6) is -2.26. The zero-order chi connectivity index (χ0) is 14.2. The van der Waals surface area contributed by atoms with Gasteiger partial charge in [0.25, 0.3) is 5.91 Å². The molecule has 0 aliphatic carbocycles. The average molecular weight is 267 g/mol. The molecule has 0 saturated carbocycles. The minimum atomic E-state index is -0.948. The van der Waals surface area contributed by atoms with E-state index in [1.807, 2.05) is 0 Å². The molecule has 0 spiro atoms. The number of nitrogens with zero attached hydrogens (tertiary/aromatic N) is 1. The molecule has 19 heavy (non-hydrogen) atoms. The molecule has 102 valence electrons. The van der Waals surface area contributed by atoms with Crippen molar-refractivity contribution in [1.82, 2.24) is 4.90 Å². The third-order valence-corrected chi connectivity index (χ3v) is 3.55. The molecule has 1 aliphatic heterocycles. The number of benzene rings is 1. The highest BCUT2D eigenvalue weighted by Crippen LogP contribution is 2.26. The normalized spacial score (nSPS) is 18.5. The lowest BCUT2D eigenvalue weighted by Crippen LogP contribution is -2.56. The summed E-state index contributed by atoms with van der Waals surface area (Å²) in [6.07, 6.45) is 0.986. The van der Waals surface area contributed by atoms with Crippen LogP contribution in [0, 0.1) is 11.6 Å². The van der Waals surface area contributed by atoms with Crippen molar-refractivity contribution < 1.29 is 18.4 Å². The molecule has 0 atom stereocenters. The lowest BCUT2D eigenvalue weighted by atomic mass is 9.88. The van der Waals surface area contributed by atoms with Gasteiger partial charge in [-0.3, -0.25) is 9.59 Å². The topological polar surface area (TPSA) is 37.4 Å². The monoisotopic (exact) mass is 267 g/mol. The molecule has 0 unspecified atom stereocenters. The Bertz CT molecular complexity index is 540. The minimum absolute atomic E-state index is 0.0466. The first-order valence-electron chi connectivity index (χ1n) is 6.14. The van der Waals surface area contributed by atoms with Crippen LogP contribution in [0.15, 0.2) is 18.2 Å². The smallest absolute Gasteiger partial charge is 0.257 e. The van der Waals surface area contributed by atoms with Crippen LogP contribution in [-0.4, -0.2) is 28.7 Å². The van der Waals surface area contributed by atoms with Crippen molar-refractivity contribution in [2.75, 3.05) is 6.54 Å². The van der Waals surface area contributed by atoms with E-state index in [4.69, 9.17) is 0 Å². The summed E-state index contributed by atoms with van der Waals surface area (Å²) in [4.78, 5) is 25.5. The van der Waals surface area contributed by atoms with Gasteiger partial charge in [-0.2, -0.15) is 0 Å². The molecule has 2 rings (SSSR count). The molecular weight excluding hydrogens is 252 g/mol. The number of hydrogen-bond donors (Lipinski definition) is 0. The second-order valence-electron chi connectivity index (χ2n) is 5.17. The molecule has 1 fully saturated rings. The van der Waals surface area contributed by atoms with E-state index in [1.165, 1.54) is 4.90 Å². The Kier molecular flexibility index (Phi) is 3.39. The zero-order valence-electron chi connectivity index (χ0n) is 10.9. The third-order valence-electron chi connectivity index (χ3n) is 3.55. The van der Waals surface area contributed by atoms with Crippen LogP contribution in [0.4, 0.5) is 8.78 Å². The third kappa shape index (κ3) is 2.37. The molecule has 3 nitrogen and oxygen atoms in total. The Hall–Kier alpha value is -1.78. The van der Waals surface area contributed by atoms with Crippen molar-refractivity contribution >= 4 is 11.7 Å². The van der Waals surface area contributed by atoms with Crippen molar-refractivity contribution in [2.24, 2.45) is 0 Å². The minimum Gasteiger partial charge on any atom is -0.326 e. The van der Waals surface area contributed by atoms with Crippen LogP contribution in [-0.2, 0) is 4.79 Å². The van der Waals surface area contributed by atoms with Crippen molar-refractivity contribution in [3.8, 4) is 0 Å². The summed E-state index contributed by atoms with van der Waals surface area (Å²) < 4.78 is 26.5. The van der Waals surface area contributed by atoms with E-state index in [0.717, 1.165) is 12.1 Å². The van der Waals surface area contributed by atoms with E-state index in [9.17, 15) is 18.4 Å². The first-order valence-corrected chi connectivity index (χ1v) is 6.14. The molecule has 5 heteroatoms. The van der Waals surface area contributed by atoms with Gasteiger partial charge in [0.15, 0.2) is 5.78 Å². The number of Topliss-reactive ketones (excluding diaryl/α,β-unsaturated/α-hetero) is 1. The Morgan fingerprint density at radius 1 is 1.32 bits per heavy atom. The van der Waals surface area contributed by atoms with Gasteiger partial charge in [-0.25, -0.2) is 8.78 Å². The number of carbonyl (C=O) groups is 2. The number of halogens is 2. The van der Waals surface area contributed by atoms with Crippen molar-refractivity contribution in [2.45, 2.75) is 32.2 Å². The van der Waals surface area contributed by atoms with Crippen LogP contribution in [0.25, 0.3) is 0 Å². The van der Waals surface area contributed by atoms with E-state index in [-0.39, 0.29) is 11.3 Å². The van der Waals surface area contributed by atoms with Crippen molar-refractivity contribution in [3.63, 3.8) is 0 Å². The quantitative estimate of drug-likeness (QED) is 0.784. The summed E-state index contributed by atoms with van der Waals surface area (Å²) in [6.45, 7) is 3.69. The zero-order valence-corrected chi connectivity index (χ0v) is 10.9. The van der Waals surface area contributed by atoms with E-state index in [2.05, 4.69) is 0 Å². The van der Waals surface area contributed by atoms with Crippen LogP contribution >= 0.6 is 0 Å². The number of rotatable bonds is 1. The maximum absolute atomic E-state index is 13.6. The maximum Gasteiger partial charge on any atom is 0.257 e. The van der Waals surface area contributed by atoms with E-state index < -0.39 is 23.1 Å². The van der Waals surface area contributed by atoms with Gasteiger partial charge in [0.05, 0.1) is 11.1 Å². The molecule has 0 N–H and O–H groups in total. The Morgan fingerprint density at radius 2 is 2.00 bits per heavy atom. The van der Waals surface area contributed by atoms with Gasteiger partial charge in [-0.05, 0) is 32.4 Å². The summed E-state index contributed by atoms with van der Waals surface area (Å²) in [5, 5.41) is 0. The first-order chi connectivity index (χ1) is 8.84. The largest absolute Gasteiger partial charge is 0.326 e. The summed E-state index contributed by atoms with van der Waals surface area (Å²) >= 11 is 0. The Morgan fingerprint density at radius 3 is 2.63 bits per heavy atom. The first kappa shape index (κ1) is 13.6. The molecule has 1 aliphatic rings. The van der Waals surface area contributed by atoms with Gasteiger partial charge in [0.1, 0.15) is 11.6 Å². The lowest BCUT2D eigenvalue weighted by molar-refractivity contribution is -0.130. The maximum atomic E-state index is 13.6. The predicted octanol–water partition coefficient (Wildman–Crippen LogP) is 2.55. The molecule has 0 radical (unpaired) electrons. The fourth-order valence-corrected chi connectivity index (χ4v) is 2.30. The average Bonchev–Trinajstić information content (AvgIpc) is 2.32. The Labute approximate surface area is 110 Å². The van der Waals surface area contributed by atoms with E-state index in [0.29, 0.717) is 25.5 Å². The van der Waals surface area contributed by atoms with Crippen LogP contribution in [0.3, 0.4) is 0 Å². The van der Waals surface area contributed by atoms with Gasteiger partial charge in [0.2, 0.25) is 0 Å². The summed E-state index contributed by atoms with van der Waals surface area (Å²) in [7, 11) is 0. The van der Waals surface area contributed by atoms with E-state index >= 15 is 0 Å². The number of carbonyl (C=O) groups excluding carboxylic acids is 2. The molecule has 0 aromatic heterocycles. The van der Waals surface area contributed by atoms with Crippen LogP contribution in [0.5, 0.6) is 0 Å². The highest BCUT2D eigenvalue weighted by atomic mass is 19.1. The van der Waals surface area contributed by atoms with Gasteiger partial charge in [0, 0.05) is 19.0 Å². The lowest BCUT2D eigenvalue weighted by Gasteiger charge is -2.41. The van der Waals surface area contributed by atoms with Gasteiger partial charge in [-0.1, -0.05) is 0 Å². The van der Waals surface area contributed by atoms with Crippen molar-refractivity contribution in [1.29, 1.82) is 0 Å². The van der Waals surface area contributed by atoms with Crippen LogP contribution < -0.4 is 0 Å². The molecular formula is C14H15F2NO2. The highest BCUT2D eigenvalue weighted by molar-refractivity contribution is 6.00. The second-order valence-corrected chi connectivity index (χ2v) is 5.17. The number of piperidine rings is 1. The molecule has 1 heterocycles. The number of ketones is 1. The van der Waals surface area contributed by atoms with Crippen LogP contribution in [0.2, 0.25) is 0 Å². The highest BCUT2D eigenvalue weighted by Gasteiger charge is 2.40. The van der Waals surface area contributed by atoms with E-state index in [1.54, 1.807) is 13.8 Å². The molecule has 1 saturated heterocycles. The van der Waals surface area contributed by atoms with Crippen molar-refractivity contribution in [3.05, 3.63) is 35.4 Å². The SMILES string of the molecule is CC1(C)C(=O)CCCN1C(=O)c1ccc(F)cc1F. The van der Waals surface area contributed by atoms with Gasteiger partial charge >= 0.3 is 0 Å². The molecule has 1 aromatic rings. The fourth-order valence-electron chi connectivity index (χ4n) is 2.30. The molecule has 0 bridgehead atoms. The summed E-state index contributed by atoms with van der Waals surface area (Å²) in [6, 6.07) is 2.82. The van der Waals surface area contributed by atoms with Gasteiger partial charge in [-0.15, -0.1) is 0 Å². The standard InChI is InChI=1S/C14H15F2NO2/c1-14(2)12(18)4-3-7-17(14)13(19)10-6-5-9(15)8-11(10)16/h5-6,8H,3-4,7H2,1-2H3. The Balaban J connectivity index is 2.35. The molecule has 1 amide bonds. The number of hydrogen-bond acceptors (Lipinski definition) is 2. The predicted molar refractivity (Wildman–Crippen MR) is 65.7 cm³/mol. The number of amides is 1. The number of likely N-dealkylation sites (tertiary alicyclic amines) is 1.